The Kier molecular flexibility index (Phi) is 4.28. The highest BCUT2D eigenvalue weighted by Gasteiger charge is 2.18. The Hall–Kier alpha value is -1.46. The van der Waals surface area contributed by atoms with Crippen molar-refractivity contribution in [1.82, 2.24) is 15.3 Å². The fraction of sp³-hybridized carbons (Fsp3) is 0.538. The number of nitrogens with zero attached hydrogens (tertiary/aromatic N) is 1. The molecule has 0 aliphatic heterocycles. The Morgan fingerprint density at radius 3 is 3.17 bits per heavy atom. The molecular formula is C13H19N3O2. The van der Waals surface area contributed by atoms with Gasteiger partial charge in [0.15, 0.2) is 0 Å². The van der Waals surface area contributed by atoms with Gasteiger partial charge < -0.3 is 15.4 Å². The average Bonchev–Trinajstić information content (AvgIpc) is 2.79. The Balaban J connectivity index is 2.01. The lowest BCUT2D eigenvalue weighted by Crippen LogP contribution is -2.33. The number of rotatable bonds is 6. The lowest BCUT2D eigenvalue weighted by atomic mass is 10.1. The van der Waals surface area contributed by atoms with Crippen molar-refractivity contribution >= 4 is 5.57 Å². The molecule has 98 valence electrons. The molecule has 1 aliphatic rings. The molecular weight excluding hydrogens is 230 g/mol. The van der Waals surface area contributed by atoms with Crippen LogP contribution in [0.3, 0.4) is 0 Å². The minimum Gasteiger partial charge on any atom is -0.395 e. The maximum absolute atomic E-state index is 11.6. The van der Waals surface area contributed by atoms with Gasteiger partial charge in [-0.15, -0.1) is 0 Å². The molecule has 1 unspecified atom stereocenters. The SMILES string of the molecule is CCCC(CO)NCC1=CCc2c1nc[nH]c2=O. The molecule has 0 amide bonds. The molecule has 0 bridgehead atoms. The van der Waals surface area contributed by atoms with E-state index in [1.165, 1.54) is 6.33 Å². The van der Waals surface area contributed by atoms with Gasteiger partial charge in [-0.1, -0.05) is 19.4 Å². The molecule has 0 aromatic carbocycles. The molecule has 0 radical (unpaired) electrons. The van der Waals surface area contributed by atoms with E-state index in [2.05, 4.69) is 22.2 Å². The fourth-order valence-electron chi connectivity index (χ4n) is 2.23. The lowest BCUT2D eigenvalue weighted by molar-refractivity contribution is 0.239. The number of hydrogen-bond acceptors (Lipinski definition) is 4. The number of fused-ring (bicyclic) bond motifs is 1. The topological polar surface area (TPSA) is 78.0 Å². The Morgan fingerprint density at radius 2 is 2.44 bits per heavy atom. The first-order valence-corrected chi connectivity index (χ1v) is 6.36. The molecule has 0 spiro atoms. The van der Waals surface area contributed by atoms with Gasteiger partial charge in [-0.3, -0.25) is 4.79 Å². The third-order valence-corrected chi connectivity index (χ3v) is 3.24. The van der Waals surface area contributed by atoms with Crippen LogP contribution in [0.1, 0.15) is 31.0 Å². The van der Waals surface area contributed by atoms with Gasteiger partial charge in [-0.2, -0.15) is 0 Å². The zero-order valence-corrected chi connectivity index (χ0v) is 10.6. The summed E-state index contributed by atoms with van der Waals surface area (Å²) in [7, 11) is 0. The van der Waals surface area contributed by atoms with Crippen molar-refractivity contribution in [3.8, 4) is 0 Å². The Labute approximate surface area is 106 Å². The van der Waals surface area contributed by atoms with Gasteiger partial charge in [0.1, 0.15) is 0 Å². The van der Waals surface area contributed by atoms with Crippen LogP contribution in [-0.4, -0.2) is 34.3 Å². The second kappa shape index (κ2) is 5.93. The van der Waals surface area contributed by atoms with Crippen molar-refractivity contribution in [3.05, 3.63) is 34.0 Å². The second-order valence-electron chi connectivity index (χ2n) is 4.54. The van der Waals surface area contributed by atoms with Crippen molar-refractivity contribution in [2.75, 3.05) is 13.2 Å². The van der Waals surface area contributed by atoms with Gasteiger partial charge in [-0.05, 0) is 18.4 Å². The molecule has 1 aromatic rings. The molecule has 3 N–H and O–H groups in total. The van der Waals surface area contributed by atoms with Crippen molar-refractivity contribution in [2.24, 2.45) is 0 Å². The summed E-state index contributed by atoms with van der Waals surface area (Å²) in [5.41, 5.74) is 2.52. The molecule has 5 heteroatoms. The van der Waals surface area contributed by atoms with Crippen LogP contribution in [0.4, 0.5) is 0 Å². The van der Waals surface area contributed by atoms with E-state index in [0.29, 0.717) is 13.0 Å². The predicted molar refractivity (Wildman–Crippen MR) is 70.3 cm³/mol. The summed E-state index contributed by atoms with van der Waals surface area (Å²) in [6.45, 7) is 2.88. The van der Waals surface area contributed by atoms with Crippen LogP contribution in [0.5, 0.6) is 0 Å². The lowest BCUT2D eigenvalue weighted by Gasteiger charge is -2.15. The minimum atomic E-state index is -0.0569. The van der Waals surface area contributed by atoms with Crippen molar-refractivity contribution in [1.29, 1.82) is 0 Å². The van der Waals surface area contributed by atoms with E-state index in [4.69, 9.17) is 0 Å². The third-order valence-electron chi connectivity index (χ3n) is 3.24. The largest absolute Gasteiger partial charge is 0.395 e. The van der Waals surface area contributed by atoms with Crippen LogP contribution >= 0.6 is 0 Å². The van der Waals surface area contributed by atoms with Crippen LogP contribution in [0.15, 0.2) is 17.2 Å². The fourth-order valence-corrected chi connectivity index (χ4v) is 2.23. The summed E-state index contributed by atoms with van der Waals surface area (Å²) in [4.78, 5) is 18.4. The smallest absolute Gasteiger partial charge is 0.254 e. The summed E-state index contributed by atoms with van der Waals surface area (Å²) in [5.74, 6) is 0. The van der Waals surface area contributed by atoms with Crippen LogP contribution < -0.4 is 10.9 Å². The minimum absolute atomic E-state index is 0.0569. The molecule has 0 fully saturated rings. The number of nitrogens with one attached hydrogen (secondary N) is 2. The van der Waals surface area contributed by atoms with Gasteiger partial charge in [0.25, 0.3) is 5.56 Å². The number of aliphatic hydroxyl groups is 1. The van der Waals surface area contributed by atoms with Gasteiger partial charge in [0.2, 0.25) is 0 Å². The summed E-state index contributed by atoms with van der Waals surface area (Å²) in [5, 5.41) is 12.5. The normalized spacial score (nSPS) is 15.3. The van der Waals surface area contributed by atoms with E-state index >= 15 is 0 Å². The number of aromatic nitrogens is 2. The quantitative estimate of drug-likeness (QED) is 0.684. The highest BCUT2D eigenvalue weighted by Crippen LogP contribution is 2.21. The van der Waals surface area contributed by atoms with E-state index < -0.39 is 0 Å². The van der Waals surface area contributed by atoms with E-state index in [1.54, 1.807) is 0 Å². The number of aliphatic hydroxyl groups excluding tert-OH is 1. The third kappa shape index (κ3) is 2.68. The zero-order valence-electron chi connectivity index (χ0n) is 10.6. The number of hydrogen-bond donors (Lipinski definition) is 3. The maximum Gasteiger partial charge on any atom is 0.254 e. The molecule has 18 heavy (non-hydrogen) atoms. The van der Waals surface area contributed by atoms with E-state index in [-0.39, 0.29) is 18.2 Å². The van der Waals surface area contributed by atoms with Crippen LogP contribution in [-0.2, 0) is 6.42 Å². The van der Waals surface area contributed by atoms with Crippen molar-refractivity contribution in [2.45, 2.75) is 32.2 Å². The standard InChI is InChI=1S/C13H19N3O2/c1-2-3-10(7-17)14-6-9-4-5-11-12(9)15-8-16-13(11)18/h4,8,10,14,17H,2-3,5-7H2,1H3,(H,15,16,18). The van der Waals surface area contributed by atoms with Crippen LogP contribution in [0.2, 0.25) is 0 Å². The number of allylic oxidation sites excluding steroid dienone is 1. The summed E-state index contributed by atoms with van der Waals surface area (Å²) >= 11 is 0. The summed E-state index contributed by atoms with van der Waals surface area (Å²) in [6, 6.07) is 0.113. The molecule has 0 saturated heterocycles. The average molecular weight is 249 g/mol. The summed E-state index contributed by atoms with van der Waals surface area (Å²) in [6.07, 6.45) is 6.09. The molecule has 1 heterocycles. The van der Waals surface area contributed by atoms with Crippen LogP contribution in [0.25, 0.3) is 5.57 Å². The van der Waals surface area contributed by atoms with Gasteiger partial charge >= 0.3 is 0 Å². The molecule has 0 saturated carbocycles. The summed E-state index contributed by atoms with van der Waals surface area (Å²) < 4.78 is 0. The molecule has 1 atom stereocenters. The zero-order chi connectivity index (χ0) is 13.0. The van der Waals surface area contributed by atoms with Gasteiger partial charge in [-0.25, -0.2) is 4.98 Å². The highest BCUT2D eigenvalue weighted by atomic mass is 16.3. The predicted octanol–water partition coefficient (Wildman–Crippen LogP) is 0.460. The number of aromatic amines is 1. The maximum atomic E-state index is 11.6. The van der Waals surface area contributed by atoms with Crippen molar-refractivity contribution in [3.63, 3.8) is 0 Å². The molecule has 1 aliphatic carbocycles. The van der Waals surface area contributed by atoms with Crippen molar-refractivity contribution < 1.29 is 5.11 Å². The highest BCUT2D eigenvalue weighted by molar-refractivity contribution is 5.70. The van der Waals surface area contributed by atoms with Gasteiger partial charge in [0.05, 0.1) is 18.6 Å². The second-order valence-corrected chi connectivity index (χ2v) is 4.54. The Morgan fingerprint density at radius 1 is 1.61 bits per heavy atom. The van der Waals surface area contributed by atoms with Gasteiger partial charge in [0, 0.05) is 18.2 Å². The van der Waals surface area contributed by atoms with E-state index in [1.807, 2.05) is 6.08 Å². The monoisotopic (exact) mass is 249 g/mol. The molecule has 1 aromatic heterocycles. The molecule has 5 nitrogen and oxygen atoms in total. The van der Waals surface area contributed by atoms with E-state index in [0.717, 1.165) is 29.7 Å². The van der Waals surface area contributed by atoms with Crippen LogP contribution in [0, 0.1) is 0 Å². The van der Waals surface area contributed by atoms with E-state index in [9.17, 15) is 9.90 Å². The first-order chi connectivity index (χ1) is 8.76. The first kappa shape index (κ1) is 13.0. The number of H-pyrrole nitrogens is 1. The Bertz CT molecular complexity index is 493. The first-order valence-electron chi connectivity index (χ1n) is 6.36. The molecule has 2 rings (SSSR count).